The van der Waals surface area contributed by atoms with Crippen molar-refractivity contribution >= 4 is 38.9 Å². The zero-order valence-electron chi connectivity index (χ0n) is 18.6. The van der Waals surface area contributed by atoms with Crippen LogP contribution >= 0.6 is 0 Å². The fourth-order valence-electron chi connectivity index (χ4n) is 4.43. The molecule has 0 amide bonds. The monoisotopic (exact) mass is 422 g/mol. The van der Waals surface area contributed by atoms with E-state index in [2.05, 4.69) is 83.1 Å². The molecule has 5 aromatic rings. The van der Waals surface area contributed by atoms with Crippen LogP contribution in [-0.4, -0.2) is 18.8 Å². The van der Waals surface area contributed by atoms with Crippen molar-refractivity contribution in [2.75, 3.05) is 19.1 Å². The molecule has 0 aliphatic carbocycles. The van der Waals surface area contributed by atoms with Crippen molar-refractivity contribution in [1.29, 1.82) is 0 Å². The van der Waals surface area contributed by atoms with Crippen LogP contribution in [-0.2, 0) is 6.54 Å². The number of aromatic nitrogens is 1. The average molecular weight is 423 g/mol. The van der Waals surface area contributed by atoms with E-state index in [4.69, 9.17) is 9.47 Å². The summed E-state index contributed by atoms with van der Waals surface area (Å²) in [4.78, 5) is 2.26. The van der Waals surface area contributed by atoms with Crippen LogP contribution < -0.4 is 14.4 Å². The highest BCUT2D eigenvalue weighted by Gasteiger charge is 2.16. The van der Waals surface area contributed by atoms with Gasteiger partial charge in [-0.2, -0.15) is 0 Å². The minimum Gasteiger partial charge on any atom is -0.497 e. The van der Waals surface area contributed by atoms with Gasteiger partial charge < -0.3 is 18.9 Å². The number of ether oxygens (including phenoxy) is 2. The summed E-state index contributed by atoms with van der Waals surface area (Å²) in [6, 6.07) is 31.7. The van der Waals surface area contributed by atoms with Gasteiger partial charge in [0.15, 0.2) is 0 Å². The van der Waals surface area contributed by atoms with Gasteiger partial charge in [-0.1, -0.05) is 18.2 Å². The van der Waals surface area contributed by atoms with Crippen LogP contribution in [0.1, 0.15) is 6.92 Å². The van der Waals surface area contributed by atoms with Gasteiger partial charge in [0.05, 0.1) is 14.2 Å². The van der Waals surface area contributed by atoms with Gasteiger partial charge in [0.1, 0.15) is 11.5 Å². The topological polar surface area (TPSA) is 26.6 Å². The molecular weight excluding hydrogens is 396 g/mol. The largest absolute Gasteiger partial charge is 0.497 e. The Morgan fingerprint density at radius 3 is 1.72 bits per heavy atom. The second kappa shape index (κ2) is 8.31. The molecular formula is C28H26N2O2. The van der Waals surface area contributed by atoms with Crippen LogP contribution in [0.4, 0.5) is 17.1 Å². The van der Waals surface area contributed by atoms with Gasteiger partial charge >= 0.3 is 0 Å². The molecule has 0 saturated carbocycles. The van der Waals surface area contributed by atoms with Crippen LogP contribution in [0.25, 0.3) is 21.8 Å². The molecule has 0 N–H and O–H groups in total. The van der Waals surface area contributed by atoms with Crippen molar-refractivity contribution in [3.05, 3.63) is 91.0 Å². The number of hydrogen-bond donors (Lipinski definition) is 0. The van der Waals surface area contributed by atoms with Crippen LogP contribution in [0.15, 0.2) is 91.0 Å². The first-order chi connectivity index (χ1) is 15.7. The third kappa shape index (κ3) is 3.34. The Bertz CT molecular complexity index is 1320. The van der Waals surface area contributed by atoms with E-state index in [1.54, 1.807) is 14.2 Å². The maximum absolute atomic E-state index is 5.37. The molecule has 0 aliphatic rings. The minimum absolute atomic E-state index is 0.838. The number of rotatable bonds is 6. The molecule has 1 aromatic heterocycles. The number of hydrogen-bond acceptors (Lipinski definition) is 3. The van der Waals surface area contributed by atoms with Gasteiger partial charge in [-0.15, -0.1) is 0 Å². The highest BCUT2D eigenvalue weighted by molar-refractivity contribution is 6.09. The van der Waals surface area contributed by atoms with Gasteiger partial charge in [0, 0.05) is 45.4 Å². The van der Waals surface area contributed by atoms with E-state index in [-0.39, 0.29) is 0 Å². The summed E-state index contributed by atoms with van der Waals surface area (Å²) in [7, 11) is 3.38. The van der Waals surface area contributed by atoms with Crippen LogP contribution in [0.2, 0.25) is 0 Å². The van der Waals surface area contributed by atoms with Crippen molar-refractivity contribution in [2.45, 2.75) is 13.5 Å². The molecule has 4 nitrogen and oxygen atoms in total. The quantitative estimate of drug-likeness (QED) is 0.287. The Hall–Kier alpha value is -3.92. The Morgan fingerprint density at radius 1 is 0.625 bits per heavy atom. The van der Waals surface area contributed by atoms with Crippen molar-refractivity contribution in [1.82, 2.24) is 4.57 Å². The summed E-state index contributed by atoms with van der Waals surface area (Å²) >= 11 is 0. The lowest BCUT2D eigenvalue weighted by Gasteiger charge is -2.26. The molecule has 0 aliphatic heterocycles. The van der Waals surface area contributed by atoms with Crippen molar-refractivity contribution < 1.29 is 9.47 Å². The van der Waals surface area contributed by atoms with E-state index >= 15 is 0 Å². The average Bonchev–Trinajstić information content (AvgIpc) is 3.18. The second-order valence-electron chi connectivity index (χ2n) is 7.69. The SMILES string of the molecule is CCn1c2ccccc2c2cc(N(c3ccc(OC)cc3)c3ccc(OC)cc3)ccc21. The Labute approximate surface area is 188 Å². The molecule has 32 heavy (non-hydrogen) atoms. The molecule has 0 atom stereocenters. The summed E-state index contributed by atoms with van der Waals surface area (Å²) < 4.78 is 13.1. The van der Waals surface area contributed by atoms with E-state index in [0.29, 0.717) is 0 Å². The standard InChI is InChI=1S/C28H26N2O2/c1-4-29-27-8-6-5-7-25(27)26-19-22(13-18-28(26)29)30(20-9-14-23(31-2)15-10-20)21-11-16-24(32-3)17-12-21/h5-19H,4H2,1-3H3. The first kappa shape index (κ1) is 20.0. The molecule has 4 aromatic carbocycles. The first-order valence-electron chi connectivity index (χ1n) is 10.8. The predicted octanol–water partition coefficient (Wildman–Crippen LogP) is 7.30. The van der Waals surface area contributed by atoms with Crippen LogP contribution in [0.3, 0.4) is 0 Å². The molecule has 160 valence electrons. The highest BCUT2D eigenvalue weighted by Crippen LogP contribution is 2.39. The van der Waals surface area contributed by atoms with Gasteiger partial charge in [-0.05, 0) is 79.7 Å². The number of benzene rings is 4. The molecule has 0 fully saturated rings. The maximum Gasteiger partial charge on any atom is 0.119 e. The van der Waals surface area contributed by atoms with E-state index < -0.39 is 0 Å². The van der Waals surface area contributed by atoms with Crippen LogP contribution in [0.5, 0.6) is 11.5 Å². The summed E-state index contributed by atoms with van der Waals surface area (Å²) in [5.41, 5.74) is 5.75. The first-order valence-corrected chi connectivity index (χ1v) is 10.8. The number of methoxy groups -OCH3 is 2. The molecule has 0 saturated heterocycles. The van der Waals surface area contributed by atoms with Crippen molar-refractivity contribution in [3.8, 4) is 11.5 Å². The lowest BCUT2D eigenvalue weighted by molar-refractivity contribution is 0.415. The summed E-state index contributed by atoms with van der Waals surface area (Å²) in [5.74, 6) is 1.68. The number of nitrogens with zero attached hydrogens (tertiary/aromatic N) is 2. The lowest BCUT2D eigenvalue weighted by atomic mass is 10.1. The zero-order chi connectivity index (χ0) is 22.1. The molecule has 0 unspecified atom stereocenters. The van der Waals surface area contributed by atoms with Gasteiger partial charge in [0.25, 0.3) is 0 Å². The van der Waals surface area contributed by atoms with Crippen molar-refractivity contribution in [2.24, 2.45) is 0 Å². The van der Waals surface area contributed by atoms with Gasteiger partial charge in [0.2, 0.25) is 0 Å². The fourth-order valence-corrected chi connectivity index (χ4v) is 4.43. The molecule has 1 heterocycles. The van der Waals surface area contributed by atoms with E-state index in [9.17, 15) is 0 Å². The third-order valence-corrected chi connectivity index (χ3v) is 5.99. The maximum atomic E-state index is 5.37. The lowest BCUT2D eigenvalue weighted by Crippen LogP contribution is -2.10. The molecule has 4 heteroatoms. The fraction of sp³-hybridized carbons (Fsp3) is 0.143. The highest BCUT2D eigenvalue weighted by atomic mass is 16.5. The normalized spacial score (nSPS) is 11.1. The van der Waals surface area contributed by atoms with Crippen LogP contribution in [0, 0.1) is 0 Å². The zero-order valence-corrected chi connectivity index (χ0v) is 18.6. The molecule has 5 rings (SSSR count). The van der Waals surface area contributed by atoms with E-state index in [1.807, 2.05) is 24.3 Å². The van der Waals surface area contributed by atoms with E-state index in [0.717, 1.165) is 35.1 Å². The Kier molecular flexibility index (Phi) is 5.20. The number of aryl methyl sites for hydroxylation is 1. The van der Waals surface area contributed by atoms with E-state index in [1.165, 1.54) is 21.8 Å². The van der Waals surface area contributed by atoms with Gasteiger partial charge in [-0.25, -0.2) is 0 Å². The van der Waals surface area contributed by atoms with Gasteiger partial charge in [-0.3, -0.25) is 0 Å². The third-order valence-electron chi connectivity index (χ3n) is 5.99. The Balaban J connectivity index is 1.71. The predicted molar refractivity (Wildman–Crippen MR) is 133 cm³/mol. The van der Waals surface area contributed by atoms with Crippen molar-refractivity contribution in [3.63, 3.8) is 0 Å². The summed E-state index contributed by atoms with van der Waals surface area (Å²) in [6.45, 7) is 3.13. The summed E-state index contributed by atoms with van der Waals surface area (Å²) in [5, 5.41) is 2.53. The molecule has 0 radical (unpaired) electrons. The number of anilines is 3. The molecule has 0 bridgehead atoms. The minimum atomic E-state index is 0.838. The summed E-state index contributed by atoms with van der Waals surface area (Å²) in [6.07, 6.45) is 0. The second-order valence-corrected chi connectivity index (χ2v) is 7.69. The number of fused-ring (bicyclic) bond motifs is 3. The smallest absolute Gasteiger partial charge is 0.119 e. The molecule has 0 spiro atoms. The number of para-hydroxylation sites is 1. The Morgan fingerprint density at radius 2 is 1.16 bits per heavy atom.